The van der Waals surface area contributed by atoms with Crippen LogP contribution < -0.4 is 15.2 Å². The van der Waals surface area contributed by atoms with Crippen molar-refractivity contribution in [3.8, 4) is 22.9 Å². The number of aromatic nitrogens is 2. The van der Waals surface area contributed by atoms with Gasteiger partial charge in [-0.15, -0.1) is 0 Å². The van der Waals surface area contributed by atoms with Crippen molar-refractivity contribution >= 4 is 0 Å². The first-order chi connectivity index (χ1) is 9.21. The Balaban J connectivity index is 2.41. The summed E-state index contributed by atoms with van der Waals surface area (Å²) in [7, 11) is 5.24. The number of hydrogen-bond donors (Lipinski definition) is 1. The summed E-state index contributed by atoms with van der Waals surface area (Å²) in [5, 5.41) is 0. The summed E-state index contributed by atoms with van der Waals surface area (Å²) in [6.45, 7) is 0.616. The number of imidazole rings is 1. The average Bonchev–Trinajstić information content (AvgIpc) is 2.80. The van der Waals surface area contributed by atoms with Crippen LogP contribution in [0.4, 0.5) is 0 Å². The second-order valence-electron chi connectivity index (χ2n) is 4.24. The van der Waals surface area contributed by atoms with Crippen molar-refractivity contribution in [2.45, 2.75) is 6.42 Å². The van der Waals surface area contributed by atoms with E-state index in [9.17, 15) is 0 Å². The highest BCUT2D eigenvalue weighted by Gasteiger charge is 2.11. The molecule has 0 saturated heterocycles. The molecule has 0 amide bonds. The highest BCUT2D eigenvalue weighted by Crippen LogP contribution is 2.31. The predicted molar refractivity (Wildman–Crippen MR) is 74.5 cm³/mol. The smallest absolute Gasteiger partial charge is 0.161 e. The average molecular weight is 261 g/mol. The van der Waals surface area contributed by atoms with Gasteiger partial charge in [0.1, 0.15) is 5.82 Å². The van der Waals surface area contributed by atoms with E-state index < -0.39 is 0 Å². The maximum atomic E-state index is 5.58. The van der Waals surface area contributed by atoms with Crippen molar-refractivity contribution in [3.05, 3.63) is 30.1 Å². The number of ether oxygens (including phenoxy) is 2. The molecule has 0 aliphatic carbocycles. The van der Waals surface area contributed by atoms with Crippen LogP contribution in [0.2, 0.25) is 0 Å². The molecule has 19 heavy (non-hydrogen) atoms. The minimum absolute atomic E-state index is 0.616. The van der Waals surface area contributed by atoms with Crippen molar-refractivity contribution in [1.82, 2.24) is 9.55 Å². The van der Waals surface area contributed by atoms with Gasteiger partial charge in [0.25, 0.3) is 0 Å². The van der Waals surface area contributed by atoms with Crippen LogP contribution in [0.15, 0.2) is 24.4 Å². The third-order valence-corrected chi connectivity index (χ3v) is 3.13. The van der Waals surface area contributed by atoms with Gasteiger partial charge in [0.05, 0.1) is 14.2 Å². The molecule has 1 aromatic carbocycles. The molecule has 0 aliphatic heterocycles. The molecule has 1 heterocycles. The van der Waals surface area contributed by atoms with E-state index in [4.69, 9.17) is 15.2 Å². The molecule has 0 radical (unpaired) electrons. The molecular formula is C14H19N3O2. The summed E-state index contributed by atoms with van der Waals surface area (Å²) in [6.07, 6.45) is 2.68. The Labute approximate surface area is 113 Å². The fraction of sp³-hybridized carbons (Fsp3) is 0.357. The summed E-state index contributed by atoms with van der Waals surface area (Å²) in [5.41, 5.74) is 7.69. The molecule has 0 aliphatic rings. The SMILES string of the molecule is COc1ccc(-c2ncc(CCN)n2C)cc1OC. The molecule has 0 bridgehead atoms. The molecule has 0 spiro atoms. The number of hydrogen-bond acceptors (Lipinski definition) is 4. The highest BCUT2D eigenvalue weighted by molar-refractivity contribution is 5.62. The number of nitrogens with zero attached hydrogens (tertiary/aromatic N) is 2. The van der Waals surface area contributed by atoms with Crippen molar-refractivity contribution in [1.29, 1.82) is 0 Å². The van der Waals surface area contributed by atoms with E-state index in [1.807, 2.05) is 36.0 Å². The molecule has 102 valence electrons. The normalized spacial score (nSPS) is 10.5. The number of benzene rings is 1. The monoisotopic (exact) mass is 261 g/mol. The summed E-state index contributed by atoms with van der Waals surface area (Å²) in [4.78, 5) is 4.45. The van der Waals surface area contributed by atoms with Gasteiger partial charge in [-0.05, 0) is 24.7 Å². The number of rotatable bonds is 5. The van der Waals surface area contributed by atoms with Gasteiger partial charge in [-0.3, -0.25) is 0 Å². The van der Waals surface area contributed by atoms with E-state index in [0.29, 0.717) is 18.0 Å². The molecule has 1 aromatic heterocycles. The predicted octanol–water partition coefficient (Wildman–Crippen LogP) is 1.61. The first-order valence-electron chi connectivity index (χ1n) is 6.14. The molecule has 5 heteroatoms. The van der Waals surface area contributed by atoms with E-state index >= 15 is 0 Å². The third-order valence-electron chi connectivity index (χ3n) is 3.13. The quantitative estimate of drug-likeness (QED) is 0.888. The van der Waals surface area contributed by atoms with Crippen molar-refractivity contribution in [3.63, 3.8) is 0 Å². The molecule has 0 atom stereocenters. The zero-order chi connectivity index (χ0) is 13.8. The van der Waals surface area contributed by atoms with Gasteiger partial charge in [0.15, 0.2) is 11.5 Å². The number of methoxy groups -OCH3 is 2. The molecule has 0 fully saturated rings. The van der Waals surface area contributed by atoms with Gasteiger partial charge in [0.2, 0.25) is 0 Å². The van der Waals surface area contributed by atoms with E-state index in [-0.39, 0.29) is 0 Å². The van der Waals surface area contributed by atoms with Gasteiger partial charge >= 0.3 is 0 Å². The van der Waals surface area contributed by atoms with E-state index in [1.165, 1.54) is 0 Å². The van der Waals surface area contributed by atoms with Crippen molar-refractivity contribution in [2.24, 2.45) is 12.8 Å². The maximum absolute atomic E-state index is 5.58. The second kappa shape index (κ2) is 5.75. The van der Waals surface area contributed by atoms with E-state index in [2.05, 4.69) is 4.98 Å². The summed E-state index contributed by atoms with van der Waals surface area (Å²) in [6, 6.07) is 5.77. The Morgan fingerprint density at radius 3 is 2.58 bits per heavy atom. The van der Waals surface area contributed by atoms with Gasteiger partial charge < -0.3 is 19.8 Å². The Kier molecular flexibility index (Phi) is 4.06. The van der Waals surface area contributed by atoms with Crippen molar-refractivity contribution in [2.75, 3.05) is 20.8 Å². The fourth-order valence-electron chi connectivity index (χ4n) is 2.07. The van der Waals surface area contributed by atoms with Gasteiger partial charge in [-0.2, -0.15) is 0 Å². The molecular weight excluding hydrogens is 242 g/mol. The van der Waals surface area contributed by atoms with Crippen LogP contribution in [0.1, 0.15) is 5.69 Å². The minimum Gasteiger partial charge on any atom is -0.493 e. The fourth-order valence-corrected chi connectivity index (χ4v) is 2.07. The van der Waals surface area contributed by atoms with Gasteiger partial charge in [-0.25, -0.2) is 4.98 Å². The molecule has 0 unspecified atom stereocenters. The maximum Gasteiger partial charge on any atom is 0.161 e. The van der Waals surface area contributed by atoms with Crippen LogP contribution in [0, 0.1) is 0 Å². The first-order valence-corrected chi connectivity index (χ1v) is 6.14. The van der Waals surface area contributed by atoms with Crippen LogP contribution in [-0.2, 0) is 13.5 Å². The Hall–Kier alpha value is -2.01. The lowest BCUT2D eigenvalue weighted by Gasteiger charge is -2.10. The Morgan fingerprint density at radius 1 is 1.21 bits per heavy atom. The largest absolute Gasteiger partial charge is 0.493 e. The van der Waals surface area contributed by atoms with E-state index in [1.54, 1.807) is 14.2 Å². The molecule has 5 nitrogen and oxygen atoms in total. The Bertz CT molecular complexity index is 564. The molecule has 0 saturated carbocycles. The van der Waals surface area contributed by atoms with Crippen LogP contribution in [0.3, 0.4) is 0 Å². The first kappa shape index (κ1) is 13.4. The van der Waals surface area contributed by atoms with Gasteiger partial charge in [0, 0.05) is 30.9 Å². The summed E-state index contributed by atoms with van der Waals surface area (Å²) >= 11 is 0. The number of nitrogens with two attached hydrogens (primary N) is 1. The lowest BCUT2D eigenvalue weighted by atomic mass is 10.2. The zero-order valence-electron chi connectivity index (χ0n) is 11.5. The highest BCUT2D eigenvalue weighted by atomic mass is 16.5. The molecule has 2 rings (SSSR count). The standard InChI is InChI=1S/C14H19N3O2/c1-17-11(6-7-15)9-16-14(17)10-4-5-12(18-2)13(8-10)19-3/h4-5,8-9H,6-7,15H2,1-3H3. The molecule has 2 aromatic rings. The van der Waals surface area contributed by atoms with E-state index in [0.717, 1.165) is 23.5 Å². The van der Waals surface area contributed by atoms with Crippen LogP contribution in [-0.4, -0.2) is 30.3 Å². The zero-order valence-corrected chi connectivity index (χ0v) is 11.5. The molecule has 2 N–H and O–H groups in total. The van der Waals surface area contributed by atoms with Crippen LogP contribution in [0.25, 0.3) is 11.4 Å². The third kappa shape index (κ3) is 2.56. The summed E-state index contributed by atoms with van der Waals surface area (Å²) < 4.78 is 12.6. The topological polar surface area (TPSA) is 62.3 Å². The minimum atomic E-state index is 0.616. The lowest BCUT2D eigenvalue weighted by Crippen LogP contribution is -2.07. The van der Waals surface area contributed by atoms with Gasteiger partial charge in [-0.1, -0.05) is 0 Å². The lowest BCUT2D eigenvalue weighted by molar-refractivity contribution is 0.355. The Morgan fingerprint density at radius 2 is 1.95 bits per heavy atom. The van der Waals surface area contributed by atoms with Crippen molar-refractivity contribution < 1.29 is 9.47 Å². The van der Waals surface area contributed by atoms with Crippen LogP contribution in [0.5, 0.6) is 11.5 Å². The summed E-state index contributed by atoms with van der Waals surface area (Å²) in [5.74, 6) is 2.30. The second-order valence-corrected chi connectivity index (χ2v) is 4.24. The van der Waals surface area contributed by atoms with Crippen LogP contribution >= 0.6 is 0 Å².